The average Bonchev–Trinajstić information content (AvgIpc) is 2.71. The highest BCUT2D eigenvalue weighted by atomic mass is 14.9. The van der Waals surface area contributed by atoms with Crippen LogP contribution in [0.5, 0.6) is 0 Å². The number of piperidine rings is 1. The molecule has 3 rings (SSSR count). The quantitative estimate of drug-likeness (QED) is 0.753. The van der Waals surface area contributed by atoms with E-state index < -0.39 is 0 Å². The topological polar surface area (TPSA) is 24.1 Å². The Morgan fingerprint density at radius 1 is 1.19 bits per heavy atom. The van der Waals surface area contributed by atoms with Gasteiger partial charge in [0.25, 0.3) is 0 Å². The minimum Gasteiger partial charge on any atom is -0.384 e. The van der Waals surface area contributed by atoms with Crippen LogP contribution in [-0.4, -0.2) is 19.6 Å². The number of hydrogen-bond donors (Lipinski definition) is 2. The molecule has 16 heavy (non-hydrogen) atoms. The number of benzene rings is 1. The van der Waals surface area contributed by atoms with Gasteiger partial charge in [-0.3, -0.25) is 0 Å². The number of fused-ring (bicyclic) bond motifs is 1. The molecule has 1 aromatic rings. The van der Waals surface area contributed by atoms with Crippen LogP contribution in [0.2, 0.25) is 0 Å². The summed E-state index contributed by atoms with van der Waals surface area (Å²) in [4.78, 5) is 0. The summed E-state index contributed by atoms with van der Waals surface area (Å²) in [6.07, 6.45) is 2.62. The lowest BCUT2D eigenvalue weighted by Crippen LogP contribution is -2.41. The van der Waals surface area contributed by atoms with Gasteiger partial charge in [0.2, 0.25) is 0 Å². The molecule has 0 aromatic heterocycles. The summed E-state index contributed by atoms with van der Waals surface area (Å²) in [6.45, 7) is 5.91. The Balaban J connectivity index is 1.94. The highest BCUT2D eigenvalue weighted by molar-refractivity contribution is 5.60. The van der Waals surface area contributed by atoms with Crippen LogP contribution in [0.25, 0.3) is 0 Å². The first kappa shape index (κ1) is 10.2. The van der Waals surface area contributed by atoms with Crippen LogP contribution in [0.3, 0.4) is 0 Å². The van der Waals surface area contributed by atoms with E-state index in [0.717, 1.165) is 12.5 Å². The fourth-order valence-electron chi connectivity index (χ4n) is 3.33. The van der Waals surface area contributed by atoms with Crippen molar-refractivity contribution in [2.24, 2.45) is 5.92 Å². The summed E-state index contributed by atoms with van der Waals surface area (Å²) < 4.78 is 0. The van der Waals surface area contributed by atoms with E-state index in [1.54, 1.807) is 0 Å². The number of nitrogens with one attached hydrogen (secondary N) is 2. The molecule has 2 aliphatic heterocycles. The molecule has 2 heterocycles. The highest BCUT2D eigenvalue weighted by Crippen LogP contribution is 2.44. The SMILES string of the molecule is CC1(C2CCNCC2)CNc2ccccc21. The van der Waals surface area contributed by atoms with Gasteiger partial charge in [-0.25, -0.2) is 0 Å². The van der Waals surface area contributed by atoms with E-state index in [1.165, 1.54) is 37.2 Å². The van der Waals surface area contributed by atoms with Crippen molar-refractivity contribution in [2.75, 3.05) is 25.0 Å². The Bertz CT molecular complexity index is 382. The maximum atomic E-state index is 3.57. The molecule has 1 unspecified atom stereocenters. The van der Waals surface area contributed by atoms with Gasteiger partial charge in [-0.05, 0) is 43.5 Å². The standard InChI is InChI=1S/C14H20N2/c1-14(11-6-8-15-9-7-11)10-16-13-5-3-2-4-12(13)14/h2-5,11,15-16H,6-10H2,1H3. The van der Waals surface area contributed by atoms with Crippen LogP contribution in [0.4, 0.5) is 5.69 Å². The summed E-state index contributed by atoms with van der Waals surface area (Å²) in [6, 6.07) is 8.81. The van der Waals surface area contributed by atoms with E-state index in [-0.39, 0.29) is 0 Å². The van der Waals surface area contributed by atoms with Gasteiger partial charge >= 0.3 is 0 Å². The van der Waals surface area contributed by atoms with Crippen LogP contribution in [-0.2, 0) is 5.41 Å². The second-order valence-electron chi connectivity index (χ2n) is 5.34. The maximum absolute atomic E-state index is 3.57. The maximum Gasteiger partial charge on any atom is 0.0379 e. The van der Waals surface area contributed by atoms with Crippen molar-refractivity contribution in [1.29, 1.82) is 0 Å². The normalized spacial score (nSPS) is 29.8. The molecule has 0 amide bonds. The van der Waals surface area contributed by atoms with Crippen LogP contribution in [0, 0.1) is 5.92 Å². The van der Waals surface area contributed by atoms with Gasteiger partial charge in [-0.2, -0.15) is 0 Å². The Morgan fingerprint density at radius 2 is 1.94 bits per heavy atom. The summed E-state index contributed by atoms with van der Waals surface area (Å²) in [5.74, 6) is 0.824. The molecule has 0 bridgehead atoms. The van der Waals surface area contributed by atoms with Crippen molar-refractivity contribution in [3.63, 3.8) is 0 Å². The van der Waals surface area contributed by atoms with Crippen molar-refractivity contribution in [3.05, 3.63) is 29.8 Å². The molecule has 1 saturated heterocycles. The smallest absolute Gasteiger partial charge is 0.0379 e. The first-order valence-electron chi connectivity index (χ1n) is 6.35. The first-order valence-corrected chi connectivity index (χ1v) is 6.35. The van der Waals surface area contributed by atoms with E-state index in [2.05, 4.69) is 41.8 Å². The van der Waals surface area contributed by atoms with Crippen LogP contribution >= 0.6 is 0 Å². The Kier molecular flexibility index (Phi) is 2.40. The van der Waals surface area contributed by atoms with E-state index in [1.807, 2.05) is 0 Å². The lowest BCUT2D eigenvalue weighted by atomic mass is 9.69. The third-order valence-corrected chi connectivity index (χ3v) is 4.43. The Morgan fingerprint density at radius 3 is 2.75 bits per heavy atom. The van der Waals surface area contributed by atoms with Crippen molar-refractivity contribution >= 4 is 5.69 Å². The van der Waals surface area contributed by atoms with E-state index >= 15 is 0 Å². The third kappa shape index (κ3) is 1.44. The minimum absolute atomic E-state index is 0.346. The molecule has 2 N–H and O–H groups in total. The zero-order valence-electron chi connectivity index (χ0n) is 9.92. The number of anilines is 1. The summed E-state index contributed by atoms with van der Waals surface area (Å²) in [5, 5.41) is 7.03. The molecule has 0 spiro atoms. The first-order chi connectivity index (χ1) is 7.81. The summed E-state index contributed by atoms with van der Waals surface area (Å²) >= 11 is 0. The molecule has 86 valence electrons. The molecule has 2 heteroatoms. The van der Waals surface area contributed by atoms with Gasteiger partial charge in [0.1, 0.15) is 0 Å². The number of para-hydroxylation sites is 1. The molecule has 0 radical (unpaired) electrons. The molecule has 1 atom stereocenters. The zero-order chi connectivity index (χ0) is 11.0. The lowest BCUT2D eigenvalue weighted by Gasteiger charge is -2.37. The molecule has 2 aliphatic rings. The predicted octanol–water partition coefficient (Wildman–Crippen LogP) is 2.37. The van der Waals surface area contributed by atoms with Gasteiger partial charge < -0.3 is 10.6 Å². The zero-order valence-corrected chi connectivity index (χ0v) is 9.92. The van der Waals surface area contributed by atoms with E-state index in [0.29, 0.717) is 5.41 Å². The fraction of sp³-hybridized carbons (Fsp3) is 0.571. The van der Waals surface area contributed by atoms with Gasteiger partial charge in [-0.1, -0.05) is 25.1 Å². The molecular weight excluding hydrogens is 196 g/mol. The molecular formula is C14H20N2. The number of hydrogen-bond acceptors (Lipinski definition) is 2. The molecule has 0 aliphatic carbocycles. The molecule has 1 fully saturated rings. The monoisotopic (exact) mass is 216 g/mol. The van der Waals surface area contributed by atoms with Crippen molar-refractivity contribution in [1.82, 2.24) is 5.32 Å². The fourth-order valence-corrected chi connectivity index (χ4v) is 3.33. The molecule has 2 nitrogen and oxygen atoms in total. The third-order valence-electron chi connectivity index (χ3n) is 4.43. The average molecular weight is 216 g/mol. The minimum atomic E-state index is 0.346. The largest absolute Gasteiger partial charge is 0.384 e. The van der Waals surface area contributed by atoms with Gasteiger partial charge in [0.15, 0.2) is 0 Å². The second-order valence-corrected chi connectivity index (χ2v) is 5.34. The summed E-state index contributed by atoms with van der Waals surface area (Å²) in [7, 11) is 0. The van der Waals surface area contributed by atoms with E-state index in [9.17, 15) is 0 Å². The highest BCUT2D eigenvalue weighted by Gasteiger charge is 2.41. The van der Waals surface area contributed by atoms with Crippen molar-refractivity contribution in [3.8, 4) is 0 Å². The van der Waals surface area contributed by atoms with Crippen molar-refractivity contribution in [2.45, 2.75) is 25.2 Å². The summed E-state index contributed by atoms with van der Waals surface area (Å²) in [5.41, 5.74) is 3.23. The van der Waals surface area contributed by atoms with Crippen molar-refractivity contribution < 1.29 is 0 Å². The molecule has 1 aromatic carbocycles. The van der Waals surface area contributed by atoms with Gasteiger partial charge in [-0.15, -0.1) is 0 Å². The lowest BCUT2D eigenvalue weighted by molar-refractivity contribution is 0.247. The van der Waals surface area contributed by atoms with Gasteiger partial charge in [0, 0.05) is 17.6 Å². The van der Waals surface area contributed by atoms with Crippen LogP contribution in [0.1, 0.15) is 25.3 Å². The second kappa shape index (κ2) is 3.77. The van der Waals surface area contributed by atoms with Gasteiger partial charge in [0.05, 0.1) is 0 Å². The predicted molar refractivity (Wildman–Crippen MR) is 67.9 cm³/mol. The molecule has 0 saturated carbocycles. The van der Waals surface area contributed by atoms with Crippen LogP contribution < -0.4 is 10.6 Å². The number of rotatable bonds is 1. The Hall–Kier alpha value is -1.02. The van der Waals surface area contributed by atoms with Crippen LogP contribution in [0.15, 0.2) is 24.3 Å². The van der Waals surface area contributed by atoms with E-state index in [4.69, 9.17) is 0 Å². The Labute approximate surface area is 97.4 Å².